The summed E-state index contributed by atoms with van der Waals surface area (Å²) in [6.45, 7) is 1.01. The Kier molecular flexibility index (Phi) is 6.94. The van der Waals surface area contributed by atoms with Crippen LogP contribution in [0, 0.1) is 23.4 Å². The highest BCUT2D eigenvalue weighted by Gasteiger charge is 2.35. The molecule has 4 rings (SSSR count). The minimum atomic E-state index is -3.99. The highest BCUT2D eigenvalue weighted by Crippen LogP contribution is 2.25. The molecule has 0 N–H and O–H groups in total. The van der Waals surface area contributed by atoms with Gasteiger partial charge in [-0.15, -0.1) is 0 Å². The van der Waals surface area contributed by atoms with E-state index in [2.05, 4.69) is 0 Å². The molecule has 2 saturated heterocycles. The number of likely N-dealkylation sites (tertiary alicyclic amines) is 1. The Balaban J connectivity index is 1.31. The van der Waals surface area contributed by atoms with Crippen LogP contribution in [0.4, 0.5) is 13.2 Å². The fraction of sp³-hybridized carbons (Fsp3) is 0.391. The normalized spacial score (nSPS) is 18.2. The Morgan fingerprint density at radius 3 is 2.06 bits per heavy atom. The molecule has 34 heavy (non-hydrogen) atoms. The van der Waals surface area contributed by atoms with Gasteiger partial charge in [-0.05, 0) is 37.1 Å². The SMILES string of the molecule is O=C(c1ccc(F)cc1F)N1CCC(C(=O)N2CCN(S(=O)(=O)c3ccccc3F)CC2)CC1. The van der Waals surface area contributed by atoms with E-state index < -0.39 is 33.4 Å². The van der Waals surface area contributed by atoms with E-state index in [1.165, 1.54) is 27.4 Å². The van der Waals surface area contributed by atoms with E-state index in [0.717, 1.165) is 18.2 Å². The monoisotopic (exact) mass is 495 g/mol. The van der Waals surface area contributed by atoms with Gasteiger partial charge in [-0.2, -0.15) is 4.31 Å². The van der Waals surface area contributed by atoms with Gasteiger partial charge in [-0.25, -0.2) is 21.6 Å². The second-order valence-electron chi connectivity index (χ2n) is 8.35. The molecule has 7 nitrogen and oxygen atoms in total. The molecule has 0 bridgehead atoms. The van der Waals surface area contributed by atoms with Gasteiger partial charge in [0.1, 0.15) is 22.3 Å². The Labute approximate surface area is 195 Å². The zero-order valence-corrected chi connectivity index (χ0v) is 19.1. The number of sulfonamides is 1. The van der Waals surface area contributed by atoms with Crippen LogP contribution >= 0.6 is 0 Å². The molecule has 2 amide bonds. The molecule has 0 aromatic heterocycles. The molecule has 2 aromatic rings. The average Bonchev–Trinajstić information content (AvgIpc) is 2.83. The predicted molar refractivity (Wildman–Crippen MR) is 117 cm³/mol. The van der Waals surface area contributed by atoms with Crippen molar-refractivity contribution in [3.05, 3.63) is 65.5 Å². The van der Waals surface area contributed by atoms with E-state index >= 15 is 0 Å². The van der Waals surface area contributed by atoms with Gasteiger partial charge in [0.15, 0.2) is 0 Å². The highest BCUT2D eigenvalue weighted by molar-refractivity contribution is 7.89. The Morgan fingerprint density at radius 2 is 1.44 bits per heavy atom. The van der Waals surface area contributed by atoms with E-state index in [0.29, 0.717) is 18.9 Å². The first-order valence-electron chi connectivity index (χ1n) is 11.0. The number of benzene rings is 2. The lowest BCUT2D eigenvalue weighted by atomic mass is 9.94. The van der Waals surface area contributed by atoms with E-state index in [1.807, 2.05) is 0 Å². The first-order valence-corrected chi connectivity index (χ1v) is 12.4. The first kappa shape index (κ1) is 24.2. The number of carbonyl (C=O) groups is 2. The fourth-order valence-corrected chi connectivity index (χ4v) is 5.85. The molecule has 182 valence electrons. The summed E-state index contributed by atoms with van der Waals surface area (Å²) in [5.41, 5.74) is -0.210. The summed E-state index contributed by atoms with van der Waals surface area (Å²) in [6, 6.07) is 7.98. The summed E-state index contributed by atoms with van der Waals surface area (Å²) in [4.78, 5) is 28.2. The second-order valence-corrected chi connectivity index (χ2v) is 10.3. The number of piperidine rings is 1. The lowest BCUT2D eigenvalue weighted by Gasteiger charge is -2.38. The van der Waals surface area contributed by atoms with Crippen molar-refractivity contribution in [2.24, 2.45) is 5.92 Å². The third kappa shape index (κ3) is 4.80. The fourth-order valence-electron chi connectivity index (χ4n) is 4.36. The molecule has 11 heteroatoms. The van der Waals surface area contributed by atoms with Crippen molar-refractivity contribution >= 4 is 21.8 Å². The molecular formula is C23H24F3N3O4S. The molecule has 2 fully saturated rings. The van der Waals surface area contributed by atoms with Crippen molar-refractivity contribution in [2.45, 2.75) is 17.7 Å². The van der Waals surface area contributed by atoms with Gasteiger partial charge in [0.2, 0.25) is 15.9 Å². The lowest BCUT2D eigenvalue weighted by Crippen LogP contribution is -2.53. The average molecular weight is 496 g/mol. The molecule has 0 spiro atoms. The number of hydrogen-bond donors (Lipinski definition) is 0. The van der Waals surface area contributed by atoms with Gasteiger partial charge in [-0.3, -0.25) is 9.59 Å². The van der Waals surface area contributed by atoms with Crippen LogP contribution in [-0.4, -0.2) is 73.6 Å². The van der Waals surface area contributed by atoms with E-state index in [4.69, 9.17) is 0 Å². The van der Waals surface area contributed by atoms with Crippen molar-refractivity contribution in [2.75, 3.05) is 39.3 Å². The van der Waals surface area contributed by atoms with Crippen LogP contribution in [0.3, 0.4) is 0 Å². The summed E-state index contributed by atoms with van der Waals surface area (Å²) in [7, 11) is -3.99. The van der Waals surface area contributed by atoms with Crippen LogP contribution in [0.25, 0.3) is 0 Å². The number of piperazine rings is 1. The van der Waals surface area contributed by atoms with E-state index in [9.17, 15) is 31.2 Å². The number of amides is 2. The van der Waals surface area contributed by atoms with E-state index in [1.54, 1.807) is 4.90 Å². The zero-order valence-electron chi connectivity index (χ0n) is 18.3. The van der Waals surface area contributed by atoms with Crippen LogP contribution in [0.2, 0.25) is 0 Å². The summed E-state index contributed by atoms with van der Waals surface area (Å²) < 4.78 is 67.7. The Morgan fingerprint density at radius 1 is 0.794 bits per heavy atom. The van der Waals surface area contributed by atoms with Crippen LogP contribution in [0.5, 0.6) is 0 Å². The summed E-state index contributed by atoms with van der Waals surface area (Å²) >= 11 is 0. The van der Waals surface area contributed by atoms with Gasteiger partial charge in [0.05, 0.1) is 5.56 Å². The minimum Gasteiger partial charge on any atom is -0.340 e. The molecule has 0 aliphatic carbocycles. The quantitative estimate of drug-likeness (QED) is 0.653. The molecule has 0 radical (unpaired) electrons. The van der Waals surface area contributed by atoms with Gasteiger partial charge in [-0.1, -0.05) is 12.1 Å². The number of rotatable bonds is 4. The van der Waals surface area contributed by atoms with Crippen LogP contribution < -0.4 is 0 Å². The molecule has 2 heterocycles. The lowest BCUT2D eigenvalue weighted by molar-refractivity contribution is -0.138. The third-order valence-electron chi connectivity index (χ3n) is 6.30. The molecular weight excluding hydrogens is 471 g/mol. The zero-order chi connectivity index (χ0) is 24.5. The van der Waals surface area contributed by atoms with Crippen LogP contribution in [-0.2, 0) is 14.8 Å². The number of halogens is 3. The van der Waals surface area contributed by atoms with Crippen molar-refractivity contribution < 1.29 is 31.2 Å². The highest BCUT2D eigenvalue weighted by atomic mass is 32.2. The maximum Gasteiger partial charge on any atom is 0.256 e. The van der Waals surface area contributed by atoms with Gasteiger partial charge >= 0.3 is 0 Å². The topological polar surface area (TPSA) is 78.0 Å². The van der Waals surface area contributed by atoms with Crippen molar-refractivity contribution in [3.63, 3.8) is 0 Å². The van der Waals surface area contributed by atoms with Gasteiger partial charge in [0.25, 0.3) is 5.91 Å². The summed E-state index contributed by atoms with van der Waals surface area (Å²) in [5.74, 6) is -3.51. The molecule has 2 aromatic carbocycles. The number of nitrogens with zero attached hydrogens (tertiary/aromatic N) is 3. The smallest absolute Gasteiger partial charge is 0.256 e. The minimum absolute atomic E-state index is 0.0591. The third-order valence-corrected chi connectivity index (χ3v) is 8.23. The summed E-state index contributed by atoms with van der Waals surface area (Å²) in [6.07, 6.45) is 0.780. The Bertz CT molecular complexity index is 1190. The molecule has 2 aliphatic heterocycles. The predicted octanol–water partition coefficient (Wildman–Crippen LogP) is 2.49. The molecule has 0 atom stereocenters. The molecule has 2 aliphatic rings. The van der Waals surface area contributed by atoms with Crippen molar-refractivity contribution in [3.8, 4) is 0 Å². The van der Waals surface area contributed by atoms with Gasteiger partial charge < -0.3 is 9.80 Å². The first-order chi connectivity index (χ1) is 16.2. The van der Waals surface area contributed by atoms with Crippen molar-refractivity contribution in [1.82, 2.24) is 14.1 Å². The van der Waals surface area contributed by atoms with Gasteiger partial charge in [0, 0.05) is 51.3 Å². The van der Waals surface area contributed by atoms with Crippen molar-refractivity contribution in [1.29, 1.82) is 0 Å². The standard InChI is InChI=1S/C23H24F3N3O4S/c24-17-5-6-18(20(26)15-17)23(31)27-9-7-16(8-10-27)22(30)28-11-13-29(14-12-28)34(32,33)21-4-2-1-3-19(21)25/h1-6,15-16H,7-14H2. The van der Waals surface area contributed by atoms with Crippen LogP contribution in [0.1, 0.15) is 23.2 Å². The summed E-state index contributed by atoms with van der Waals surface area (Å²) in [5, 5.41) is 0. The molecule has 0 unspecified atom stereocenters. The van der Waals surface area contributed by atoms with Crippen LogP contribution in [0.15, 0.2) is 47.4 Å². The van der Waals surface area contributed by atoms with E-state index in [-0.39, 0.29) is 61.6 Å². The number of hydrogen-bond acceptors (Lipinski definition) is 4. The maximum absolute atomic E-state index is 14.0. The second kappa shape index (κ2) is 9.75. The molecule has 0 saturated carbocycles. The largest absolute Gasteiger partial charge is 0.340 e. The maximum atomic E-state index is 14.0. The number of carbonyl (C=O) groups excluding carboxylic acids is 2. The Hall–Kier alpha value is -2.92.